The summed E-state index contributed by atoms with van der Waals surface area (Å²) in [7, 11) is 0. The molecule has 1 unspecified atom stereocenters. The summed E-state index contributed by atoms with van der Waals surface area (Å²) in [6, 6.07) is 0. The van der Waals surface area contributed by atoms with Crippen molar-refractivity contribution in [3.05, 3.63) is 21.5 Å². The van der Waals surface area contributed by atoms with Gasteiger partial charge < -0.3 is 4.74 Å². The minimum absolute atomic E-state index is 0.0135. The van der Waals surface area contributed by atoms with E-state index in [0.717, 1.165) is 3.58 Å². The first kappa shape index (κ1) is 10.9. The van der Waals surface area contributed by atoms with Crippen LogP contribution in [0.5, 0.6) is 0 Å². The number of ether oxygens (including phenoxy) is 1. The van der Waals surface area contributed by atoms with Gasteiger partial charge in [0.15, 0.2) is 0 Å². The Kier molecular flexibility index (Phi) is 3.26. The van der Waals surface area contributed by atoms with Gasteiger partial charge >= 0.3 is 6.36 Å². The van der Waals surface area contributed by atoms with E-state index in [1.54, 1.807) is 6.08 Å². The van der Waals surface area contributed by atoms with Gasteiger partial charge in [-0.25, -0.2) is 0 Å². The highest BCUT2D eigenvalue weighted by Crippen LogP contribution is 2.32. The summed E-state index contributed by atoms with van der Waals surface area (Å²) >= 11 is 2.11. The molecule has 13 heavy (non-hydrogen) atoms. The molecule has 5 heteroatoms. The second-order valence-corrected chi connectivity index (χ2v) is 4.08. The molecule has 1 nitrogen and oxygen atoms in total. The van der Waals surface area contributed by atoms with E-state index in [2.05, 4.69) is 27.3 Å². The maximum absolute atomic E-state index is 11.8. The van der Waals surface area contributed by atoms with E-state index in [0.29, 0.717) is 6.42 Å². The zero-order valence-corrected chi connectivity index (χ0v) is 9.02. The lowest BCUT2D eigenvalue weighted by atomic mass is 10.0. The van der Waals surface area contributed by atoms with Crippen molar-refractivity contribution in [2.75, 3.05) is 0 Å². The molecule has 1 aliphatic carbocycles. The third-order valence-electron chi connectivity index (χ3n) is 1.65. The highest BCUT2D eigenvalue weighted by molar-refractivity contribution is 14.1. The normalized spacial score (nSPS) is 23.6. The molecule has 1 rings (SSSR count). The molecule has 0 saturated carbocycles. The summed E-state index contributed by atoms with van der Waals surface area (Å²) in [5.74, 6) is 0.100. The van der Waals surface area contributed by atoms with Gasteiger partial charge in [-0.15, -0.1) is 13.2 Å². The summed E-state index contributed by atoms with van der Waals surface area (Å²) in [6.07, 6.45) is -1.23. The maximum atomic E-state index is 11.8. The van der Waals surface area contributed by atoms with E-state index >= 15 is 0 Å². The van der Waals surface area contributed by atoms with E-state index in [-0.39, 0.29) is 11.7 Å². The van der Waals surface area contributed by atoms with Gasteiger partial charge in [-0.1, -0.05) is 6.92 Å². The Bertz CT molecular complexity index is 255. The number of alkyl halides is 3. The Morgan fingerprint density at radius 1 is 1.46 bits per heavy atom. The van der Waals surface area contributed by atoms with Gasteiger partial charge in [0, 0.05) is 6.42 Å². The quantitative estimate of drug-likeness (QED) is 0.670. The number of halogens is 4. The summed E-state index contributed by atoms with van der Waals surface area (Å²) in [5.41, 5.74) is 0. The zero-order chi connectivity index (χ0) is 10.1. The van der Waals surface area contributed by atoms with Gasteiger partial charge in [-0.3, -0.25) is 0 Å². The number of rotatable bonds is 1. The number of hydrogen-bond donors (Lipinski definition) is 0. The third kappa shape index (κ3) is 3.58. The van der Waals surface area contributed by atoms with Crippen LogP contribution in [-0.2, 0) is 4.74 Å². The molecule has 0 saturated heterocycles. The van der Waals surface area contributed by atoms with Crippen LogP contribution in [0.4, 0.5) is 13.2 Å². The summed E-state index contributed by atoms with van der Waals surface area (Å²) in [4.78, 5) is 0. The fourth-order valence-corrected chi connectivity index (χ4v) is 1.43. The minimum atomic E-state index is -4.57. The van der Waals surface area contributed by atoms with Crippen LogP contribution < -0.4 is 0 Å². The Labute approximate surface area is 87.8 Å². The van der Waals surface area contributed by atoms with E-state index < -0.39 is 6.36 Å². The van der Waals surface area contributed by atoms with E-state index in [1.807, 2.05) is 6.92 Å². The SMILES string of the molecule is CC1CC(OC(F)(F)F)=CC=C1I. The van der Waals surface area contributed by atoms with Crippen LogP contribution in [-0.4, -0.2) is 6.36 Å². The van der Waals surface area contributed by atoms with E-state index in [1.165, 1.54) is 6.08 Å². The molecule has 0 aromatic heterocycles. The monoisotopic (exact) mass is 304 g/mol. The Hall–Kier alpha value is -0.200. The molecule has 74 valence electrons. The molecular formula is C8H8F3IO. The maximum Gasteiger partial charge on any atom is 0.572 e. The van der Waals surface area contributed by atoms with Gasteiger partial charge in [-0.2, -0.15) is 0 Å². The van der Waals surface area contributed by atoms with Gasteiger partial charge in [0.25, 0.3) is 0 Å². The molecule has 0 aliphatic heterocycles. The van der Waals surface area contributed by atoms with Crippen LogP contribution >= 0.6 is 22.6 Å². The summed E-state index contributed by atoms with van der Waals surface area (Å²) in [5, 5.41) is 0. The lowest BCUT2D eigenvalue weighted by Crippen LogP contribution is -2.15. The second-order valence-electron chi connectivity index (χ2n) is 2.84. The molecule has 0 heterocycles. The first-order valence-electron chi connectivity index (χ1n) is 3.70. The van der Waals surface area contributed by atoms with E-state index in [9.17, 15) is 13.2 Å². The second kappa shape index (κ2) is 3.89. The van der Waals surface area contributed by atoms with Crippen molar-refractivity contribution >= 4 is 22.6 Å². The van der Waals surface area contributed by atoms with Crippen LogP contribution in [0.15, 0.2) is 21.5 Å². The van der Waals surface area contributed by atoms with Gasteiger partial charge in [-0.05, 0) is 44.2 Å². The molecular weight excluding hydrogens is 296 g/mol. The van der Waals surface area contributed by atoms with Gasteiger partial charge in [0.05, 0.1) is 0 Å². The molecule has 0 amide bonds. The van der Waals surface area contributed by atoms with Crippen molar-refractivity contribution in [2.45, 2.75) is 19.7 Å². The van der Waals surface area contributed by atoms with Crippen LogP contribution in [0.1, 0.15) is 13.3 Å². The average Bonchev–Trinajstić information content (AvgIpc) is 1.94. The predicted octanol–water partition coefficient (Wildman–Crippen LogP) is 3.77. The first-order valence-corrected chi connectivity index (χ1v) is 4.78. The van der Waals surface area contributed by atoms with Gasteiger partial charge in [0.2, 0.25) is 0 Å². The number of hydrogen-bond acceptors (Lipinski definition) is 1. The number of allylic oxidation sites excluding steroid dienone is 4. The molecule has 0 aromatic carbocycles. The highest BCUT2D eigenvalue weighted by Gasteiger charge is 2.32. The van der Waals surface area contributed by atoms with E-state index in [4.69, 9.17) is 0 Å². The molecule has 0 aromatic rings. The van der Waals surface area contributed by atoms with Crippen LogP contribution in [0.3, 0.4) is 0 Å². The van der Waals surface area contributed by atoms with Crippen molar-refractivity contribution < 1.29 is 17.9 Å². The molecule has 0 N–H and O–H groups in total. The smallest absolute Gasteiger partial charge is 0.410 e. The Morgan fingerprint density at radius 3 is 2.54 bits per heavy atom. The Morgan fingerprint density at radius 2 is 2.08 bits per heavy atom. The molecule has 1 aliphatic rings. The first-order chi connectivity index (χ1) is 5.88. The van der Waals surface area contributed by atoms with Crippen molar-refractivity contribution in [2.24, 2.45) is 5.92 Å². The van der Waals surface area contributed by atoms with Crippen molar-refractivity contribution in [3.8, 4) is 0 Å². The zero-order valence-electron chi connectivity index (χ0n) is 6.86. The van der Waals surface area contributed by atoms with Crippen molar-refractivity contribution in [1.29, 1.82) is 0 Å². The predicted molar refractivity (Wildman–Crippen MR) is 51.1 cm³/mol. The Balaban J connectivity index is 2.64. The van der Waals surface area contributed by atoms with Crippen LogP contribution in [0.2, 0.25) is 0 Å². The largest absolute Gasteiger partial charge is 0.572 e. The molecule has 0 fully saturated rings. The lowest BCUT2D eigenvalue weighted by Gasteiger charge is -2.19. The van der Waals surface area contributed by atoms with Crippen molar-refractivity contribution in [3.63, 3.8) is 0 Å². The molecule has 1 atom stereocenters. The summed E-state index contributed by atoms with van der Waals surface area (Å²) < 4.78 is 40.2. The standard InChI is InChI=1S/C8H8F3IO/c1-5-4-6(2-3-7(5)12)13-8(9,10)11/h2-3,5H,4H2,1H3. The summed E-state index contributed by atoms with van der Waals surface area (Å²) in [6.45, 7) is 1.87. The topological polar surface area (TPSA) is 9.23 Å². The average molecular weight is 304 g/mol. The van der Waals surface area contributed by atoms with Gasteiger partial charge in [0.1, 0.15) is 5.76 Å². The molecule has 0 bridgehead atoms. The highest BCUT2D eigenvalue weighted by atomic mass is 127. The molecule has 0 radical (unpaired) electrons. The van der Waals surface area contributed by atoms with Crippen molar-refractivity contribution in [1.82, 2.24) is 0 Å². The fourth-order valence-electron chi connectivity index (χ4n) is 1.03. The fraction of sp³-hybridized carbons (Fsp3) is 0.500. The van der Waals surface area contributed by atoms with Crippen LogP contribution in [0.25, 0.3) is 0 Å². The molecule has 0 spiro atoms. The third-order valence-corrected chi connectivity index (χ3v) is 3.08. The van der Waals surface area contributed by atoms with Crippen LogP contribution in [0, 0.1) is 5.92 Å². The minimum Gasteiger partial charge on any atom is -0.410 e. The lowest BCUT2D eigenvalue weighted by molar-refractivity contribution is -0.306.